The average molecular weight is 376 g/mol. The zero-order chi connectivity index (χ0) is 13.1. The molecule has 1 aromatic heterocycles. The van der Waals surface area contributed by atoms with Crippen LogP contribution in [0.15, 0.2) is 21.2 Å². The van der Waals surface area contributed by atoms with Crippen LogP contribution in [-0.2, 0) is 0 Å². The van der Waals surface area contributed by atoms with Crippen LogP contribution < -0.4 is 5.32 Å². The van der Waals surface area contributed by atoms with E-state index in [4.69, 9.17) is 0 Å². The second kappa shape index (κ2) is 6.38. The first-order valence-corrected chi connectivity index (χ1v) is 8.24. The molecule has 2 atom stereocenters. The second-order valence-corrected chi connectivity index (χ2v) is 7.20. The van der Waals surface area contributed by atoms with Gasteiger partial charge in [-0.2, -0.15) is 0 Å². The lowest BCUT2D eigenvalue weighted by atomic mass is 9.78. The highest BCUT2D eigenvalue weighted by Gasteiger charge is 2.27. The Morgan fingerprint density at radius 1 is 1.28 bits per heavy atom. The molecule has 0 spiro atoms. The van der Waals surface area contributed by atoms with Gasteiger partial charge >= 0.3 is 0 Å². The van der Waals surface area contributed by atoms with Crippen molar-refractivity contribution in [3.05, 3.63) is 21.2 Å². The minimum atomic E-state index is 0.559. The molecule has 0 aliphatic heterocycles. The van der Waals surface area contributed by atoms with Crippen molar-refractivity contribution in [2.75, 3.05) is 5.32 Å². The summed E-state index contributed by atoms with van der Waals surface area (Å²) in [7, 11) is 0. The molecule has 0 aromatic carbocycles. The van der Waals surface area contributed by atoms with Crippen molar-refractivity contribution >= 4 is 37.7 Å². The molecule has 1 N–H and O–H groups in total. The molecule has 1 aliphatic rings. The summed E-state index contributed by atoms with van der Waals surface area (Å²) < 4.78 is 2.04. The minimum Gasteiger partial charge on any atom is -0.366 e. The van der Waals surface area contributed by atoms with Crippen LogP contribution in [-0.4, -0.2) is 11.0 Å². The maximum Gasteiger partial charge on any atom is 0.140 e. The van der Waals surface area contributed by atoms with Crippen LogP contribution in [0.1, 0.15) is 39.5 Å². The molecule has 2 nitrogen and oxygen atoms in total. The van der Waals surface area contributed by atoms with E-state index in [0.717, 1.165) is 26.6 Å². The first kappa shape index (κ1) is 14.3. The van der Waals surface area contributed by atoms with E-state index < -0.39 is 0 Å². The molecule has 1 aromatic rings. The van der Waals surface area contributed by atoms with E-state index in [1.54, 1.807) is 0 Å². The summed E-state index contributed by atoms with van der Waals surface area (Å²) in [5.41, 5.74) is 0. The van der Waals surface area contributed by atoms with Crippen molar-refractivity contribution in [2.24, 2.45) is 11.8 Å². The highest BCUT2D eigenvalue weighted by molar-refractivity contribution is 9.11. The van der Waals surface area contributed by atoms with Crippen LogP contribution in [0.2, 0.25) is 0 Å². The fourth-order valence-corrected chi connectivity index (χ4v) is 3.94. The summed E-state index contributed by atoms with van der Waals surface area (Å²) in [5.74, 6) is 2.46. The topological polar surface area (TPSA) is 24.9 Å². The number of pyridine rings is 1. The molecule has 1 saturated carbocycles. The van der Waals surface area contributed by atoms with Gasteiger partial charge in [0.1, 0.15) is 5.82 Å². The standard InChI is InChI=1S/C14H20Br2N2/c1-9(2)11-5-3-4-6-13(11)18-14-12(16)7-10(15)8-17-14/h7-9,11,13H,3-6H2,1-2H3,(H,17,18). The van der Waals surface area contributed by atoms with Crippen molar-refractivity contribution < 1.29 is 0 Å². The van der Waals surface area contributed by atoms with Crippen LogP contribution in [0, 0.1) is 11.8 Å². The van der Waals surface area contributed by atoms with Gasteiger partial charge in [-0.05, 0) is 62.6 Å². The molecule has 18 heavy (non-hydrogen) atoms. The van der Waals surface area contributed by atoms with Crippen molar-refractivity contribution in [1.29, 1.82) is 0 Å². The zero-order valence-corrected chi connectivity index (χ0v) is 14.1. The number of nitrogens with zero attached hydrogens (tertiary/aromatic N) is 1. The number of nitrogens with one attached hydrogen (secondary N) is 1. The molecule has 0 amide bonds. The van der Waals surface area contributed by atoms with Crippen LogP contribution in [0.3, 0.4) is 0 Å². The Kier molecular flexibility index (Phi) is 5.07. The van der Waals surface area contributed by atoms with E-state index in [0.29, 0.717) is 6.04 Å². The predicted octanol–water partition coefficient (Wildman–Crippen LogP) is 5.23. The number of halogens is 2. The number of hydrogen-bond donors (Lipinski definition) is 1. The summed E-state index contributed by atoms with van der Waals surface area (Å²) in [5, 5.41) is 3.63. The van der Waals surface area contributed by atoms with Gasteiger partial charge in [0.05, 0.1) is 4.47 Å². The molecular formula is C14H20Br2N2. The number of rotatable bonds is 3. The zero-order valence-electron chi connectivity index (χ0n) is 10.9. The minimum absolute atomic E-state index is 0.559. The molecular weight excluding hydrogens is 356 g/mol. The third-order valence-electron chi connectivity index (χ3n) is 3.81. The van der Waals surface area contributed by atoms with Crippen molar-refractivity contribution in [3.63, 3.8) is 0 Å². The maximum absolute atomic E-state index is 4.46. The SMILES string of the molecule is CC(C)C1CCCCC1Nc1ncc(Br)cc1Br. The monoisotopic (exact) mass is 374 g/mol. The molecule has 4 heteroatoms. The Bertz CT molecular complexity index is 407. The molecule has 100 valence electrons. The summed E-state index contributed by atoms with van der Waals surface area (Å²) in [6.07, 6.45) is 7.14. The van der Waals surface area contributed by atoms with E-state index in [1.165, 1.54) is 25.7 Å². The van der Waals surface area contributed by atoms with E-state index in [-0.39, 0.29) is 0 Å². The molecule has 0 saturated heterocycles. The van der Waals surface area contributed by atoms with Gasteiger partial charge in [0.2, 0.25) is 0 Å². The Morgan fingerprint density at radius 2 is 2.00 bits per heavy atom. The largest absolute Gasteiger partial charge is 0.366 e. The van der Waals surface area contributed by atoms with Crippen LogP contribution >= 0.6 is 31.9 Å². The van der Waals surface area contributed by atoms with E-state index in [9.17, 15) is 0 Å². The van der Waals surface area contributed by atoms with Crippen molar-refractivity contribution in [2.45, 2.75) is 45.6 Å². The Morgan fingerprint density at radius 3 is 2.67 bits per heavy atom. The van der Waals surface area contributed by atoms with E-state index in [1.807, 2.05) is 12.3 Å². The number of hydrogen-bond acceptors (Lipinski definition) is 2. The highest BCUT2D eigenvalue weighted by Crippen LogP contribution is 2.33. The fraction of sp³-hybridized carbons (Fsp3) is 0.643. The van der Waals surface area contributed by atoms with Gasteiger partial charge in [-0.1, -0.05) is 26.7 Å². The predicted molar refractivity (Wildman–Crippen MR) is 83.8 cm³/mol. The van der Waals surface area contributed by atoms with Gasteiger partial charge in [-0.15, -0.1) is 0 Å². The van der Waals surface area contributed by atoms with Gasteiger partial charge in [0, 0.05) is 16.7 Å². The Labute approximate surface area is 126 Å². The summed E-state index contributed by atoms with van der Waals surface area (Å²) in [4.78, 5) is 4.46. The molecule has 0 bridgehead atoms. The van der Waals surface area contributed by atoms with Crippen molar-refractivity contribution in [1.82, 2.24) is 4.98 Å². The van der Waals surface area contributed by atoms with Crippen LogP contribution in [0.4, 0.5) is 5.82 Å². The van der Waals surface area contributed by atoms with Gasteiger partial charge in [0.25, 0.3) is 0 Å². The smallest absolute Gasteiger partial charge is 0.140 e. The number of aromatic nitrogens is 1. The molecule has 1 fully saturated rings. The highest BCUT2D eigenvalue weighted by atomic mass is 79.9. The lowest BCUT2D eigenvalue weighted by Gasteiger charge is -2.35. The molecule has 2 rings (SSSR count). The molecule has 0 radical (unpaired) electrons. The fourth-order valence-electron chi connectivity index (χ4n) is 2.83. The first-order chi connectivity index (χ1) is 8.58. The van der Waals surface area contributed by atoms with Crippen LogP contribution in [0.25, 0.3) is 0 Å². The van der Waals surface area contributed by atoms with Gasteiger partial charge in [-0.3, -0.25) is 0 Å². The quantitative estimate of drug-likeness (QED) is 0.781. The summed E-state index contributed by atoms with van der Waals surface area (Å²) in [6, 6.07) is 2.60. The Balaban J connectivity index is 2.11. The molecule has 1 heterocycles. The van der Waals surface area contributed by atoms with Gasteiger partial charge < -0.3 is 5.32 Å². The van der Waals surface area contributed by atoms with Gasteiger partial charge in [0.15, 0.2) is 0 Å². The third-order valence-corrected chi connectivity index (χ3v) is 4.84. The van der Waals surface area contributed by atoms with Crippen molar-refractivity contribution in [3.8, 4) is 0 Å². The molecule has 2 unspecified atom stereocenters. The maximum atomic E-state index is 4.46. The Hall–Kier alpha value is -0.0900. The number of anilines is 1. The molecule has 1 aliphatic carbocycles. The second-order valence-electron chi connectivity index (χ2n) is 5.43. The normalized spacial score (nSPS) is 24.3. The van der Waals surface area contributed by atoms with Gasteiger partial charge in [-0.25, -0.2) is 4.98 Å². The van der Waals surface area contributed by atoms with E-state index >= 15 is 0 Å². The lowest BCUT2D eigenvalue weighted by Crippen LogP contribution is -2.35. The summed E-state index contributed by atoms with van der Waals surface area (Å²) in [6.45, 7) is 4.66. The third kappa shape index (κ3) is 3.47. The van der Waals surface area contributed by atoms with E-state index in [2.05, 4.69) is 56.0 Å². The lowest BCUT2D eigenvalue weighted by molar-refractivity contribution is 0.253. The van der Waals surface area contributed by atoms with Crippen LogP contribution in [0.5, 0.6) is 0 Å². The first-order valence-electron chi connectivity index (χ1n) is 6.65. The summed E-state index contributed by atoms with van der Waals surface area (Å²) >= 11 is 7.01. The average Bonchev–Trinajstić information content (AvgIpc) is 2.33.